The molecule has 3 rings (SSSR count). The van der Waals surface area contributed by atoms with Gasteiger partial charge in [-0.05, 0) is 49.9 Å². The van der Waals surface area contributed by atoms with Crippen molar-refractivity contribution in [3.05, 3.63) is 29.5 Å². The quantitative estimate of drug-likeness (QED) is 0.916. The van der Waals surface area contributed by atoms with Crippen LogP contribution in [0.3, 0.4) is 0 Å². The lowest BCUT2D eigenvalue weighted by molar-refractivity contribution is 0.418. The fraction of sp³-hybridized carbons (Fsp3) is 0.500. The largest absolute Gasteiger partial charge is 0.495 e. The van der Waals surface area contributed by atoms with Gasteiger partial charge in [0.15, 0.2) is 0 Å². The molecule has 1 unspecified atom stereocenters. The van der Waals surface area contributed by atoms with Crippen molar-refractivity contribution in [1.82, 2.24) is 9.88 Å². The van der Waals surface area contributed by atoms with Crippen LogP contribution in [0, 0.1) is 6.92 Å². The van der Waals surface area contributed by atoms with Gasteiger partial charge in [-0.1, -0.05) is 6.07 Å². The Kier molecular flexibility index (Phi) is 3.23. The summed E-state index contributed by atoms with van der Waals surface area (Å²) < 4.78 is 7.71. The Balaban J connectivity index is 2.09. The van der Waals surface area contributed by atoms with Crippen LogP contribution in [0.1, 0.15) is 24.0 Å². The van der Waals surface area contributed by atoms with E-state index in [1.807, 2.05) is 0 Å². The lowest BCUT2D eigenvalue weighted by atomic mass is 10.0. The molecule has 1 saturated heterocycles. The number of hydrogen-bond acceptors (Lipinski definition) is 2. The summed E-state index contributed by atoms with van der Waals surface area (Å²) in [6, 6.07) is 4.86. The van der Waals surface area contributed by atoms with E-state index in [2.05, 4.69) is 42.2 Å². The standard InChI is InChI=1S/C16H22N2O/c1-11-6-7-14(19-3)16-15(11)12(10-18(16)2)9-13-5-4-8-17-13/h6-7,10,13,17H,4-5,8-9H2,1-3H3. The first-order chi connectivity index (χ1) is 9.20. The Bertz CT molecular complexity index is 594. The van der Waals surface area contributed by atoms with Crippen molar-refractivity contribution in [2.75, 3.05) is 13.7 Å². The zero-order chi connectivity index (χ0) is 13.4. The highest BCUT2D eigenvalue weighted by Crippen LogP contribution is 2.33. The third kappa shape index (κ3) is 2.12. The predicted molar refractivity (Wildman–Crippen MR) is 78.9 cm³/mol. The van der Waals surface area contributed by atoms with Gasteiger partial charge in [0.05, 0.1) is 12.6 Å². The molecule has 1 N–H and O–H groups in total. The summed E-state index contributed by atoms with van der Waals surface area (Å²) in [7, 11) is 3.85. The van der Waals surface area contributed by atoms with Crippen LogP contribution in [0.15, 0.2) is 18.3 Å². The van der Waals surface area contributed by atoms with E-state index in [9.17, 15) is 0 Å². The number of methoxy groups -OCH3 is 1. The molecule has 1 aliphatic rings. The molecule has 2 aromatic rings. The molecule has 0 saturated carbocycles. The molecule has 2 heterocycles. The van der Waals surface area contributed by atoms with E-state index in [0.717, 1.165) is 18.7 Å². The van der Waals surface area contributed by atoms with Gasteiger partial charge in [0.25, 0.3) is 0 Å². The molecule has 1 aromatic carbocycles. The van der Waals surface area contributed by atoms with Crippen molar-refractivity contribution in [3.63, 3.8) is 0 Å². The summed E-state index contributed by atoms with van der Waals surface area (Å²) in [6.07, 6.45) is 5.97. The van der Waals surface area contributed by atoms with Crippen LogP contribution in [0.5, 0.6) is 5.75 Å². The molecule has 1 atom stereocenters. The van der Waals surface area contributed by atoms with E-state index in [1.165, 1.54) is 34.9 Å². The minimum atomic E-state index is 0.635. The number of nitrogens with zero attached hydrogens (tertiary/aromatic N) is 1. The molecule has 102 valence electrons. The maximum atomic E-state index is 5.51. The molecule has 1 fully saturated rings. The van der Waals surface area contributed by atoms with E-state index in [1.54, 1.807) is 7.11 Å². The van der Waals surface area contributed by atoms with E-state index in [0.29, 0.717) is 6.04 Å². The zero-order valence-corrected chi connectivity index (χ0v) is 12.0. The molecule has 0 amide bonds. The minimum absolute atomic E-state index is 0.635. The Morgan fingerprint density at radius 1 is 1.42 bits per heavy atom. The second-order valence-corrected chi connectivity index (χ2v) is 5.57. The number of ether oxygens (including phenoxy) is 1. The summed E-state index contributed by atoms with van der Waals surface area (Å²) in [4.78, 5) is 0. The Labute approximate surface area is 114 Å². The summed E-state index contributed by atoms with van der Waals surface area (Å²) in [5.74, 6) is 0.966. The van der Waals surface area contributed by atoms with Crippen LogP contribution in [0.4, 0.5) is 0 Å². The lowest BCUT2D eigenvalue weighted by Gasteiger charge is -2.10. The SMILES string of the molecule is COc1ccc(C)c2c(CC3CCCN3)cn(C)c12. The van der Waals surface area contributed by atoms with Gasteiger partial charge in [-0.3, -0.25) is 0 Å². The van der Waals surface area contributed by atoms with Crippen molar-refractivity contribution < 1.29 is 4.74 Å². The monoisotopic (exact) mass is 258 g/mol. The minimum Gasteiger partial charge on any atom is -0.495 e. The predicted octanol–water partition coefficient (Wildman–Crippen LogP) is 2.79. The Morgan fingerprint density at radius 2 is 2.26 bits per heavy atom. The molecule has 0 bridgehead atoms. The fourth-order valence-electron chi connectivity index (χ4n) is 3.31. The smallest absolute Gasteiger partial charge is 0.143 e. The molecule has 3 heteroatoms. The molecular weight excluding hydrogens is 236 g/mol. The molecule has 1 aliphatic heterocycles. The summed E-state index contributed by atoms with van der Waals surface area (Å²) in [5.41, 5.74) is 3.99. The number of fused-ring (bicyclic) bond motifs is 1. The second kappa shape index (κ2) is 4.89. The number of hydrogen-bond donors (Lipinski definition) is 1. The van der Waals surface area contributed by atoms with Gasteiger partial charge in [0.1, 0.15) is 5.75 Å². The first kappa shape index (κ1) is 12.5. The van der Waals surface area contributed by atoms with Crippen LogP contribution >= 0.6 is 0 Å². The summed E-state index contributed by atoms with van der Waals surface area (Å²) in [5, 5.41) is 4.96. The van der Waals surface area contributed by atoms with Gasteiger partial charge in [-0.2, -0.15) is 0 Å². The highest BCUT2D eigenvalue weighted by molar-refractivity contribution is 5.92. The van der Waals surface area contributed by atoms with Crippen LogP contribution in [-0.4, -0.2) is 24.3 Å². The molecule has 0 radical (unpaired) electrons. The first-order valence-corrected chi connectivity index (χ1v) is 7.05. The zero-order valence-electron chi connectivity index (χ0n) is 12.0. The van der Waals surface area contributed by atoms with Crippen LogP contribution < -0.4 is 10.1 Å². The van der Waals surface area contributed by atoms with Crippen LogP contribution in [-0.2, 0) is 13.5 Å². The third-order valence-electron chi connectivity index (χ3n) is 4.22. The number of aryl methyl sites for hydroxylation is 2. The van der Waals surface area contributed by atoms with Gasteiger partial charge in [-0.25, -0.2) is 0 Å². The second-order valence-electron chi connectivity index (χ2n) is 5.57. The topological polar surface area (TPSA) is 26.2 Å². The molecule has 0 spiro atoms. The normalized spacial score (nSPS) is 19.2. The molecule has 3 nitrogen and oxygen atoms in total. The number of aromatic nitrogens is 1. The lowest BCUT2D eigenvalue weighted by Crippen LogP contribution is -2.23. The van der Waals surface area contributed by atoms with E-state index in [-0.39, 0.29) is 0 Å². The van der Waals surface area contributed by atoms with Crippen molar-refractivity contribution in [2.24, 2.45) is 7.05 Å². The number of nitrogens with one attached hydrogen (secondary N) is 1. The molecule has 1 aromatic heterocycles. The van der Waals surface area contributed by atoms with Gasteiger partial charge < -0.3 is 14.6 Å². The van der Waals surface area contributed by atoms with Crippen molar-refractivity contribution in [3.8, 4) is 5.75 Å². The number of benzene rings is 1. The van der Waals surface area contributed by atoms with E-state index >= 15 is 0 Å². The van der Waals surface area contributed by atoms with E-state index in [4.69, 9.17) is 4.74 Å². The van der Waals surface area contributed by atoms with Crippen LogP contribution in [0.25, 0.3) is 10.9 Å². The van der Waals surface area contributed by atoms with Gasteiger partial charge in [0, 0.05) is 24.7 Å². The van der Waals surface area contributed by atoms with Gasteiger partial charge >= 0.3 is 0 Å². The van der Waals surface area contributed by atoms with E-state index < -0.39 is 0 Å². The van der Waals surface area contributed by atoms with Crippen molar-refractivity contribution >= 4 is 10.9 Å². The summed E-state index contributed by atoms with van der Waals surface area (Å²) in [6.45, 7) is 3.35. The van der Waals surface area contributed by atoms with Crippen molar-refractivity contribution in [1.29, 1.82) is 0 Å². The third-order valence-corrected chi connectivity index (χ3v) is 4.22. The average molecular weight is 258 g/mol. The first-order valence-electron chi connectivity index (χ1n) is 7.05. The maximum absolute atomic E-state index is 5.51. The van der Waals surface area contributed by atoms with Crippen molar-refractivity contribution in [2.45, 2.75) is 32.2 Å². The van der Waals surface area contributed by atoms with Crippen LogP contribution in [0.2, 0.25) is 0 Å². The maximum Gasteiger partial charge on any atom is 0.143 e. The fourth-order valence-corrected chi connectivity index (χ4v) is 3.31. The molecular formula is C16H22N2O. The summed E-state index contributed by atoms with van der Waals surface area (Å²) >= 11 is 0. The highest BCUT2D eigenvalue weighted by atomic mass is 16.5. The Hall–Kier alpha value is -1.48. The highest BCUT2D eigenvalue weighted by Gasteiger charge is 2.19. The van der Waals surface area contributed by atoms with Gasteiger partial charge in [-0.15, -0.1) is 0 Å². The van der Waals surface area contributed by atoms with Gasteiger partial charge in [0.2, 0.25) is 0 Å². The average Bonchev–Trinajstić information content (AvgIpc) is 3.00. The molecule has 0 aliphatic carbocycles. The Morgan fingerprint density at radius 3 is 2.95 bits per heavy atom. The molecule has 19 heavy (non-hydrogen) atoms. The number of rotatable bonds is 3.